The first-order chi connectivity index (χ1) is 15.2. The molecule has 0 aliphatic carbocycles. The Labute approximate surface area is 179 Å². The minimum absolute atomic E-state index is 0.162. The highest BCUT2D eigenvalue weighted by Crippen LogP contribution is 2.31. The van der Waals surface area contributed by atoms with E-state index in [-0.39, 0.29) is 12.0 Å². The third-order valence-corrected chi connectivity index (χ3v) is 5.10. The van der Waals surface area contributed by atoms with Crippen LogP contribution in [0.5, 0.6) is 11.5 Å². The van der Waals surface area contributed by atoms with Crippen LogP contribution in [0, 0.1) is 6.92 Å². The number of fused-ring (bicyclic) bond motifs is 1. The van der Waals surface area contributed by atoms with Gasteiger partial charge in [-0.1, -0.05) is 30.3 Å². The topological polar surface area (TPSA) is 83.2 Å². The second kappa shape index (κ2) is 7.98. The summed E-state index contributed by atoms with van der Waals surface area (Å²) in [5, 5.41) is 11.6. The zero-order valence-electron chi connectivity index (χ0n) is 16.9. The van der Waals surface area contributed by atoms with E-state index in [4.69, 9.17) is 9.47 Å². The standard InChI is InChI=1S/C23H21N5O3/c1-16-20(12-25-28(16)18-7-3-2-4-8-18)23(29)26-17-11-24-27(13-17)14-19-15-30-21-9-5-6-10-22(21)31-19/h2-13,19H,14-15H2,1H3,(H,26,29)/t19-/m0/s1. The Hall–Kier alpha value is -4.07. The van der Waals surface area contributed by atoms with Gasteiger partial charge in [-0.3, -0.25) is 9.48 Å². The van der Waals surface area contributed by atoms with Crippen LogP contribution in [0.1, 0.15) is 16.1 Å². The number of carbonyl (C=O) groups is 1. The Balaban J connectivity index is 1.24. The van der Waals surface area contributed by atoms with Crippen LogP contribution in [0.3, 0.4) is 0 Å². The van der Waals surface area contributed by atoms with Crippen LogP contribution in [-0.4, -0.2) is 38.2 Å². The molecule has 0 saturated heterocycles. The lowest BCUT2D eigenvalue weighted by Crippen LogP contribution is -2.33. The van der Waals surface area contributed by atoms with Gasteiger partial charge < -0.3 is 14.8 Å². The summed E-state index contributed by atoms with van der Waals surface area (Å²) < 4.78 is 15.2. The number of nitrogens with one attached hydrogen (secondary N) is 1. The molecule has 1 N–H and O–H groups in total. The minimum atomic E-state index is -0.231. The van der Waals surface area contributed by atoms with E-state index in [0.717, 1.165) is 22.9 Å². The van der Waals surface area contributed by atoms with E-state index in [1.807, 2.05) is 61.5 Å². The number of hydrogen-bond acceptors (Lipinski definition) is 5. The molecule has 1 atom stereocenters. The van der Waals surface area contributed by atoms with Crippen LogP contribution < -0.4 is 14.8 Å². The van der Waals surface area contributed by atoms with Gasteiger partial charge in [-0.15, -0.1) is 0 Å². The number of hydrogen-bond donors (Lipinski definition) is 1. The smallest absolute Gasteiger partial charge is 0.259 e. The number of amides is 1. The molecule has 8 heteroatoms. The van der Waals surface area contributed by atoms with E-state index in [9.17, 15) is 4.79 Å². The van der Waals surface area contributed by atoms with Crippen molar-refractivity contribution in [3.05, 3.63) is 84.4 Å². The molecule has 0 saturated carbocycles. The molecule has 0 spiro atoms. The molecule has 4 aromatic rings. The maximum atomic E-state index is 12.8. The van der Waals surface area contributed by atoms with Crippen molar-refractivity contribution >= 4 is 11.6 Å². The van der Waals surface area contributed by atoms with Crippen LogP contribution >= 0.6 is 0 Å². The third-order valence-electron chi connectivity index (χ3n) is 5.10. The fourth-order valence-corrected chi connectivity index (χ4v) is 3.55. The number of nitrogens with zero attached hydrogens (tertiary/aromatic N) is 4. The monoisotopic (exact) mass is 415 g/mol. The number of ether oxygens (including phenoxy) is 2. The predicted molar refractivity (Wildman–Crippen MR) is 115 cm³/mol. The number of carbonyl (C=O) groups excluding carboxylic acids is 1. The van der Waals surface area contributed by atoms with Gasteiger partial charge in [0.25, 0.3) is 5.91 Å². The highest BCUT2D eigenvalue weighted by molar-refractivity contribution is 6.04. The zero-order valence-corrected chi connectivity index (χ0v) is 16.9. The number of rotatable bonds is 5. The first kappa shape index (κ1) is 18.9. The highest BCUT2D eigenvalue weighted by atomic mass is 16.6. The lowest BCUT2D eigenvalue weighted by atomic mass is 10.2. The maximum absolute atomic E-state index is 12.8. The van der Waals surface area contributed by atoms with Crippen molar-refractivity contribution in [3.63, 3.8) is 0 Å². The zero-order chi connectivity index (χ0) is 21.2. The van der Waals surface area contributed by atoms with Crippen LogP contribution in [-0.2, 0) is 6.54 Å². The fourth-order valence-electron chi connectivity index (χ4n) is 3.55. The highest BCUT2D eigenvalue weighted by Gasteiger charge is 2.22. The van der Waals surface area contributed by atoms with Crippen LogP contribution in [0.25, 0.3) is 5.69 Å². The molecule has 0 radical (unpaired) electrons. The quantitative estimate of drug-likeness (QED) is 0.540. The summed E-state index contributed by atoms with van der Waals surface area (Å²) in [4.78, 5) is 12.8. The Bertz CT molecular complexity index is 1210. The van der Waals surface area contributed by atoms with E-state index in [1.54, 1.807) is 28.0 Å². The van der Waals surface area contributed by atoms with Crippen molar-refractivity contribution in [1.82, 2.24) is 19.6 Å². The average Bonchev–Trinajstić information content (AvgIpc) is 3.40. The van der Waals surface area contributed by atoms with Crippen molar-refractivity contribution in [1.29, 1.82) is 0 Å². The van der Waals surface area contributed by atoms with E-state index >= 15 is 0 Å². The summed E-state index contributed by atoms with van der Waals surface area (Å²) in [5.41, 5.74) is 2.79. The van der Waals surface area contributed by atoms with Crippen molar-refractivity contribution in [3.8, 4) is 17.2 Å². The predicted octanol–water partition coefficient (Wildman–Crippen LogP) is 3.47. The molecule has 2 aromatic carbocycles. The summed E-state index contributed by atoms with van der Waals surface area (Å²) >= 11 is 0. The molecule has 1 amide bonds. The van der Waals surface area contributed by atoms with Crippen molar-refractivity contribution < 1.29 is 14.3 Å². The number of aromatic nitrogens is 4. The molecule has 31 heavy (non-hydrogen) atoms. The molecule has 2 aromatic heterocycles. The van der Waals surface area contributed by atoms with Crippen LogP contribution in [0.2, 0.25) is 0 Å². The summed E-state index contributed by atoms with van der Waals surface area (Å²) in [7, 11) is 0. The lowest BCUT2D eigenvalue weighted by Gasteiger charge is -2.26. The van der Waals surface area contributed by atoms with Gasteiger partial charge in [0.1, 0.15) is 6.61 Å². The summed E-state index contributed by atoms with van der Waals surface area (Å²) in [5.74, 6) is 1.24. The van der Waals surface area contributed by atoms with Gasteiger partial charge in [-0.05, 0) is 31.2 Å². The fraction of sp³-hybridized carbons (Fsp3) is 0.174. The van der Waals surface area contributed by atoms with E-state index < -0.39 is 0 Å². The van der Waals surface area contributed by atoms with E-state index in [0.29, 0.717) is 24.4 Å². The first-order valence-electron chi connectivity index (χ1n) is 10.00. The number of benzene rings is 2. The Morgan fingerprint density at radius 2 is 1.84 bits per heavy atom. The summed E-state index contributed by atoms with van der Waals surface area (Å²) in [6, 6.07) is 17.3. The molecule has 0 unspecified atom stereocenters. The molecule has 0 bridgehead atoms. The van der Waals surface area contributed by atoms with Gasteiger partial charge in [-0.2, -0.15) is 10.2 Å². The molecule has 156 valence electrons. The molecular weight excluding hydrogens is 394 g/mol. The van der Waals surface area contributed by atoms with Gasteiger partial charge in [0.2, 0.25) is 0 Å². The van der Waals surface area contributed by atoms with E-state index in [1.165, 1.54) is 0 Å². The van der Waals surface area contributed by atoms with Gasteiger partial charge in [-0.25, -0.2) is 4.68 Å². The Kier molecular flexibility index (Phi) is 4.87. The summed E-state index contributed by atoms with van der Waals surface area (Å²) in [6.07, 6.45) is 4.81. The molecule has 1 aliphatic rings. The average molecular weight is 415 g/mol. The van der Waals surface area contributed by atoms with Gasteiger partial charge >= 0.3 is 0 Å². The first-order valence-corrected chi connectivity index (χ1v) is 10.00. The maximum Gasteiger partial charge on any atom is 0.259 e. The Morgan fingerprint density at radius 3 is 2.68 bits per heavy atom. The SMILES string of the molecule is Cc1c(C(=O)Nc2cnn(C[C@H]3COc4ccccc4O3)c2)cnn1-c1ccccc1. The number of anilines is 1. The van der Waals surface area contributed by atoms with Gasteiger partial charge in [0.15, 0.2) is 17.6 Å². The molecule has 0 fully saturated rings. The molecular formula is C23H21N5O3. The lowest BCUT2D eigenvalue weighted by molar-refractivity contribution is 0.0759. The van der Waals surface area contributed by atoms with Gasteiger partial charge in [0.05, 0.1) is 41.6 Å². The van der Waals surface area contributed by atoms with Crippen LogP contribution in [0.4, 0.5) is 5.69 Å². The minimum Gasteiger partial charge on any atom is -0.486 e. The third kappa shape index (κ3) is 3.87. The Morgan fingerprint density at radius 1 is 1.06 bits per heavy atom. The molecule has 3 heterocycles. The summed E-state index contributed by atoms with van der Waals surface area (Å²) in [6.45, 7) is 2.82. The molecule has 1 aliphatic heterocycles. The molecule has 8 nitrogen and oxygen atoms in total. The molecule has 5 rings (SSSR count). The second-order valence-electron chi connectivity index (χ2n) is 7.29. The van der Waals surface area contributed by atoms with Crippen LogP contribution in [0.15, 0.2) is 73.2 Å². The van der Waals surface area contributed by atoms with E-state index in [2.05, 4.69) is 15.5 Å². The van der Waals surface area contributed by atoms with Crippen molar-refractivity contribution in [2.24, 2.45) is 0 Å². The van der Waals surface area contributed by atoms with Crippen molar-refractivity contribution in [2.75, 3.05) is 11.9 Å². The van der Waals surface area contributed by atoms with Gasteiger partial charge in [0, 0.05) is 6.20 Å². The second-order valence-corrected chi connectivity index (χ2v) is 7.29. The number of para-hydroxylation sites is 3. The van der Waals surface area contributed by atoms with Crippen molar-refractivity contribution in [2.45, 2.75) is 19.6 Å². The normalized spacial score (nSPS) is 14.9. The largest absolute Gasteiger partial charge is 0.486 e.